The lowest BCUT2D eigenvalue weighted by Gasteiger charge is -2.10. The first-order valence-corrected chi connectivity index (χ1v) is 6.14. The summed E-state index contributed by atoms with van der Waals surface area (Å²) in [6, 6.07) is 9.04. The molecule has 0 saturated carbocycles. The van der Waals surface area contributed by atoms with Gasteiger partial charge < -0.3 is 10.5 Å². The van der Waals surface area contributed by atoms with Crippen LogP contribution in [0.5, 0.6) is 11.6 Å². The smallest absolute Gasteiger partial charge is 0.219 e. The molecule has 0 aliphatic carbocycles. The fraction of sp³-hybridized carbons (Fsp3) is 0.0833. The van der Waals surface area contributed by atoms with Crippen LogP contribution in [0.15, 0.2) is 41.0 Å². The monoisotopic (exact) mass is 312 g/mol. The first kappa shape index (κ1) is 12.4. The minimum atomic E-state index is 0.325. The van der Waals surface area contributed by atoms with Crippen molar-refractivity contribution in [3.05, 3.63) is 51.6 Å². The number of ether oxygens (including phenoxy) is 1. The summed E-state index contributed by atoms with van der Waals surface area (Å²) in [5.41, 5.74) is 6.41. The van der Waals surface area contributed by atoms with Crippen molar-refractivity contribution in [1.82, 2.24) is 4.98 Å². The van der Waals surface area contributed by atoms with Crippen LogP contribution in [0.4, 0.5) is 0 Å². The number of aromatic nitrogens is 1. The number of hydrogen-bond donors (Lipinski definition) is 1. The fourth-order valence-electron chi connectivity index (χ4n) is 1.37. The van der Waals surface area contributed by atoms with E-state index < -0.39 is 0 Å². The molecule has 0 fully saturated rings. The van der Waals surface area contributed by atoms with Gasteiger partial charge in [-0.25, -0.2) is 4.98 Å². The number of nitrogens with two attached hydrogens (primary N) is 1. The highest BCUT2D eigenvalue weighted by molar-refractivity contribution is 9.10. The van der Waals surface area contributed by atoms with Gasteiger partial charge in [-0.05, 0) is 34.1 Å². The van der Waals surface area contributed by atoms with Gasteiger partial charge in [-0.15, -0.1) is 0 Å². The van der Waals surface area contributed by atoms with E-state index in [-0.39, 0.29) is 0 Å². The van der Waals surface area contributed by atoms with E-state index in [1.54, 1.807) is 18.3 Å². The summed E-state index contributed by atoms with van der Waals surface area (Å²) in [7, 11) is 0. The number of nitrogens with zero attached hydrogens (tertiary/aromatic N) is 1. The van der Waals surface area contributed by atoms with Crippen molar-refractivity contribution in [2.75, 3.05) is 0 Å². The topological polar surface area (TPSA) is 48.1 Å². The molecule has 0 atom stereocenters. The van der Waals surface area contributed by atoms with Crippen molar-refractivity contribution >= 4 is 27.5 Å². The van der Waals surface area contributed by atoms with Gasteiger partial charge in [-0.2, -0.15) is 0 Å². The Morgan fingerprint density at radius 2 is 2.12 bits per heavy atom. The van der Waals surface area contributed by atoms with E-state index in [0.717, 1.165) is 10.0 Å². The SMILES string of the molecule is NCc1c(Cl)cccc1Oc1ccc(Br)cn1. The van der Waals surface area contributed by atoms with Gasteiger partial charge in [0.2, 0.25) is 5.88 Å². The Hall–Kier alpha value is -1.10. The Balaban J connectivity index is 2.29. The standard InChI is InChI=1S/C12H10BrClN2O/c13-8-4-5-12(16-7-8)17-11-3-1-2-10(14)9(11)6-15/h1-5,7H,6,15H2. The van der Waals surface area contributed by atoms with Crippen LogP contribution < -0.4 is 10.5 Å². The van der Waals surface area contributed by atoms with Crippen LogP contribution in [0.25, 0.3) is 0 Å². The molecule has 1 heterocycles. The molecule has 2 N–H and O–H groups in total. The highest BCUT2D eigenvalue weighted by Gasteiger charge is 2.07. The van der Waals surface area contributed by atoms with Crippen LogP contribution in [-0.2, 0) is 6.54 Å². The van der Waals surface area contributed by atoms with Crippen molar-refractivity contribution in [1.29, 1.82) is 0 Å². The van der Waals surface area contributed by atoms with Gasteiger partial charge in [0.05, 0.1) is 0 Å². The molecule has 17 heavy (non-hydrogen) atoms. The van der Waals surface area contributed by atoms with Gasteiger partial charge in [0.25, 0.3) is 0 Å². The molecule has 0 unspecified atom stereocenters. The first-order chi connectivity index (χ1) is 8.20. The third-order valence-electron chi connectivity index (χ3n) is 2.19. The van der Waals surface area contributed by atoms with Gasteiger partial charge in [0.15, 0.2) is 0 Å². The average Bonchev–Trinajstić information content (AvgIpc) is 2.32. The Morgan fingerprint density at radius 1 is 1.29 bits per heavy atom. The number of pyridine rings is 1. The van der Waals surface area contributed by atoms with Crippen molar-refractivity contribution in [3.63, 3.8) is 0 Å². The maximum atomic E-state index is 6.03. The average molecular weight is 314 g/mol. The predicted octanol–water partition coefficient (Wildman–Crippen LogP) is 3.75. The summed E-state index contributed by atoms with van der Waals surface area (Å²) in [4.78, 5) is 4.13. The molecule has 0 amide bonds. The summed E-state index contributed by atoms with van der Waals surface area (Å²) in [6.07, 6.45) is 1.67. The minimum Gasteiger partial charge on any atom is -0.439 e. The van der Waals surface area contributed by atoms with Gasteiger partial charge >= 0.3 is 0 Å². The predicted molar refractivity (Wildman–Crippen MR) is 71.4 cm³/mol. The first-order valence-electron chi connectivity index (χ1n) is 4.97. The van der Waals surface area contributed by atoms with E-state index in [2.05, 4.69) is 20.9 Å². The van der Waals surface area contributed by atoms with Gasteiger partial charge in [0.1, 0.15) is 5.75 Å². The van der Waals surface area contributed by atoms with Gasteiger partial charge in [0, 0.05) is 33.9 Å². The van der Waals surface area contributed by atoms with Gasteiger partial charge in [-0.3, -0.25) is 0 Å². The summed E-state index contributed by atoms with van der Waals surface area (Å²) >= 11 is 9.34. The molecule has 1 aromatic carbocycles. The zero-order valence-corrected chi connectivity index (χ0v) is 11.2. The van der Waals surface area contributed by atoms with E-state index in [1.807, 2.05) is 18.2 Å². The Morgan fingerprint density at radius 3 is 2.76 bits per heavy atom. The lowest BCUT2D eigenvalue weighted by atomic mass is 10.2. The molecule has 0 spiro atoms. The molecule has 0 aliphatic heterocycles. The summed E-state index contributed by atoms with van der Waals surface area (Å²) in [5, 5.41) is 0.599. The van der Waals surface area contributed by atoms with Crippen LogP contribution in [0.3, 0.4) is 0 Å². The van der Waals surface area contributed by atoms with E-state index >= 15 is 0 Å². The third-order valence-corrected chi connectivity index (χ3v) is 3.02. The quantitative estimate of drug-likeness (QED) is 0.939. The van der Waals surface area contributed by atoms with Crippen molar-refractivity contribution in [2.45, 2.75) is 6.54 Å². The summed E-state index contributed by atoms with van der Waals surface area (Å²) < 4.78 is 6.54. The Kier molecular flexibility index (Phi) is 3.99. The molecular weight excluding hydrogens is 304 g/mol. The number of rotatable bonds is 3. The highest BCUT2D eigenvalue weighted by Crippen LogP contribution is 2.29. The second kappa shape index (κ2) is 5.49. The Labute approximate surface area is 113 Å². The molecule has 1 aromatic heterocycles. The van der Waals surface area contributed by atoms with Crippen molar-refractivity contribution in [2.24, 2.45) is 5.73 Å². The number of benzene rings is 1. The fourth-order valence-corrected chi connectivity index (χ4v) is 1.85. The van der Waals surface area contributed by atoms with E-state index in [0.29, 0.717) is 23.2 Å². The highest BCUT2D eigenvalue weighted by atomic mass is 79.9. The lowest BCUT2D eigenvalue weighted by molar-refractivity contribution is 0.457. The van der Waals surface area contributed by atoms with E-state index in [1.165, 1.54) is 0 Å². The van der Waals surface area contributed by atoms with Crippen LogP contribution in [-0.4, -0.2) is 4.98 Å². The van der Waals surface area contributed by atoms with E-state index in [4.69, 9.17) is 22.1 Å². The van der Waals surface area contributed by atoms with Crippen LogP contribution in [0.1, 0.15) is 5.56 Å². The van der Waals surface area contributed by atoms with Crippen LogP contribution in [0, 0.1) is 0 Å². The van der Waals surface area contributed by atoms with Crippen molar-refractivity contribution in [3.8, 4) is 11.6 Å². The molecule has 2 rings (SSSR count). The number of hydrogen-bond acceptors (Lipinski definition) is 3. The molecule has 0 aliphatic rings. The molecular formula is C12H10BrClN2O. The second-order valence-electron chi connectivity index (χ2n) is 3.34. The molecule has 0 saturated heterocycles. The molecule has 5 heteroatoms. The lowest BCUT2D eigenvalue weighted by Crippen LogP contribution is -2.00. The summed E-state index contributed by atoms with van der Waals surface area (Å²) in [5.74, 6) is 1.14. The zero-order chi connectivity index (χ0) is 12.3. The molecule has 2 aromatic rings. The van der Waals surface area contributed by atoms with Gasteiger partial charge in [-0.1, -0.05) is 17.7 Å². The second-order valence-corrected chi connectivity index (χ2v) is 4.66. The maximum absolute atomic E-state index is 6.03. The maximum Gasteiger partial charge on any atom is 0.219 e. The molecule has 3 nitrogen and oxygen atoms in total. The normalized spacial score (nSPS) is 10.3. The minimum absolute atomic E-state index is 0.325. The molecule has 0 bridgehead atoms. The zero-order valence-electron chi connectivity index (χ0n) is 8.86. The van der Waals surface area contributed by atoms with E-state index in [9.17, 15) is 0 Å². The van der Waals surface area contributed by atoms with Crippen molar-refractivity contribution < 1.29 is 4.74 Å². The third kappa shape index (κ3) is 2.97. The molecule has 88 valence electrons. The molecule has 0 radical (unpaired) electrons. The van der Waals surface area contributed by atoms with Crippen LogP contribution in [0.2, 0.25) is 5.02 Å². The Bertz CT molecular complexity index is 516. The largest absolute Gasteiger partial charge is 0.439 e. The van der Waals surface area contributed by atoms with Crippen LogP contribution >= 0.6 is 27.5 Å². The number of halogens is 2. The summed E-state index contributed by atoms with van der Waals surface area (Å²) in [6.45, 7) is 0.325.